The van der Waals surface area contributed by atoms with Gasteiger partial charge in [-0.2, -0.15) is 0 Å². The molecular formula is C12H15NO3. The van der Waals surface area contributed by atoms with E-state index >= 15 is 0 Å². The molecule has 0 bridgehead atoms. The standard InChI is InChI=1S/C12H15NO3/c1-15-10-4-2-3-9(5-10)6-11-7-13-12(14)8-16-11/h2-5,11H,6-8H2,1H3,(H,13,14). The van der Waals surface area contributed by atoms with Crippen LogP contribution in [0.15, 0.2) is 24.3 Å². The van der Waals surface area contributed by atoms with E-state index in [-0.39, 0.29) is 18.6 Å². The highest BCUT2D eigenvalue weighted by atomic mass is 16.5. The molecular weight excluding hydrogens is 206 g/mol. The molecule has 1 fully saturated rings. The molecule has 1 aliphatic heterocycles. The van der Waals surface area contributed by atoms with Crippen molar-refractivity contribution >= 4 is 5.91 Å². The van der Waals surface area contributed by atoms with Gasteiger partial charge in [0.1, 0.15) is 12.4 Å². The number of ether oxygens (including phenoxy) is 2. The maximum absolute atomic E-state index is 10.9. The van der Waals surface area contributed by atoms with Crippen molar-refractivity contribution in [3.63, 3.8) is 0 Å². The molecule has 0 aliphatic carbocycles. The number of amides is 1. The van der Waals surface area contributed by atoms with Crippen LogP contribution in [-0.2, 0) is 16.0 Å². The molecule has 1 aromatic carbocycles. The average Bonchev–Trinajstić information content (AvgIpc) is 2.32. The maximum atomic E-state index is 10.9. The van der Waals surface area contributed by atoms with E-state index in [1.165, 1.54) is 0 Å². The lowest BCUT2D eigenvalue weighted by Crippen LogP contribution is -2.43. The highest BCUT2D eigenvalue weighted by Gasteiger charge is 2.18. The van der Waals surface area contributed by atoms with Gasteiger partial charge in [0.05, 0.1) is 13.2 Å². The predicted molar refractivity (Wildman–Crippen MR) is 59.4 cm³/mol. The highest BCUT2D eigenvalue weighted by molar-refractivity contribution is 5.77. The molecule has 2 rings (SSSR count). The zero-order valence-corrected chi connectivity index (χ0v) is 9.23. The van der Waals surface area contributed by atoms with Crippen molar-refractivity contribution in [3.8, 4) is 5.75 Å². The number of morpholine rings is 1. The molecule has 1 aromatic rings. The lowest BCUT2D eigenvalue weighted by Gasteiger charge is -2.23. The van der Waals surface area contributed by atoms with Gasteiger partial charge in [-0.1, -0.05) is 12.1 Å². The maximum Gasteiger partial charge on any atom is 0.246 e. The van der Waals surface area contributed by atoms with Gasteiger partial charge in [-0.15, -0.1) is 0 Å². The Bertz CT molecular complexity index is 368. The smallest absolute Gasteiger partial charge is 0.246 e. The van der Waals surface area contributed by atoms with Crippen LogP contribution in [0.2, 0.25) is 0 Å². The number of nitrogens with one attached hydrogen (secondary N) is 1. The van der Waals surface area contributed by atoms with E-state index < -0.39 is 0 Å². The summed E-state index contributed by atoms with van der Waals surface area (Å²) in [5.74, 6) is 0.805. The van der Waals surface area contributed by atoms with Crippen LogP contribution in [0.25, 0.3) is 0 Å². The molecule has 1 saturated heterocycles. The van der Waals surface area contributed by atoms with Crippen molar-refractivity contribution in [1.82, 2.24) is 5.32 Å². The first-order valence-electron chi connectivity index (χ1n) is 5.29. The van der Waals surface area contributed by atoms with Crippen LogP contribution < -0.4 is 10.1 Å². The Kier molecular flexibility index (Phi) is 3.41. The third kappa shape index (κ3) is 2.73. The van der Waals surface area contributed by atoms with Gasteiger partial charge in [-0.25, -0.2) is 0 Å². The summed E-state index contributed by atoms with van der Waals surface area (Å²) in [6.07, 6.45) is 0.849. The summed E-state index contributed by atoms with van der Waals surface area (Å²) in [6, 6.07) is 7.88. The van der Waals surface area contributed by atoms with E-state index in [4.69, 9.17) is 9.47 Å². The molecule has 1 unspecified atom stereocenters. The fourth-order valence-corrected chi connectivity index (χ4v) is 1.72. The second-order valence-electron chi connectivity index (χ2n) is 3.79. The summed E-state index contributed by atoms with van der Waals surface area (Å²) in [7, 11) is 1.65. The lowest BCUT2D eigenvalue weighted by molar-refractivity contribution is -0.133. The van der Waals surface area contributed by atoms with E-state index in [1.54, 1.807) is 7.11 Å². The molecule has 0 spiro atoms. The Morgan fingerprint density at radius 3 is 3.12 bits per heavy atom. The molecule has 0 aromatic heterocycles. The molecule has 0 radical (unpaired) electrons. The van der Waals surface area contributed by atoms with Crippen LogP contribution in [0, 0.1) is 0 Å². The lowest BCUT2D eigenvalue weighted by atomic mass is 10.1. The van der Waals surface area contributed by atoms with E-state index in [9.17, 15) is 4.79 Å². The van der Waals surface area contributed by atoms with Crippen molar-refractivity contribution < 1.29 is 14.3 Å². The van der Waals surface area contributed by atoms with Gasteiger partial charge in [0, 0.05) is 13.0 Å². The molecule has 16 heavy (non-hydrogen) atoms. The third-order valence-electron chi connectivity index (χ3n) is 2.57. The van der Waals surface area contributed by atoms with Crippen molar-refractivity contribution in [1.29, 1.82) is 0 Å². The van der Waals surface area contributed by atoms with Crippen LogP contribution in [0.4, 0.5) is 0 Å². The predicted octanol–water partition coefficient (Wildman–Crippen LogP) is 0.753. The minimum Gasteiger partial charge on any atom is -0.497 e. The molecule has 1 aliphatic rings. The quantitative estimate of drug-likeness (QED) is 0.819. The minimum atomic E-state index is -0.0399. The zero-order chi connectivity index (χ0) is 11.4. The first kappa shape index (κ1) is 11.0. The van der Waals surface area contributed by atoms with E-state index in [0.29, 0.717) is 6.54 Å². The number of methoxy groups -OCH3 is 1. The topological polar surface area (TPSA) is 47.6 Å². The van der Waals surface area contributed by atoms with Crippen LogP contribution in [-0.4, -0.2) is 32.3 Å². The number of carbonyl (C=O) groups excluding carboxylic acids is 1. The molecule has 86 valence electrons. The number of hydrogen-bond donors (Lipinski definition) is 1. The van der Waals surface area contributed by atoms with Gasteiger partial charge in [-0.05, 0) is 17.7 Å². The van der Waals surface area contributed by atoms with E-state index in [1.807, 2.05) is 24.3 Å². The first-order valence-corrected chi connectivity index (χ1v) is 5.29. The second kappa shape index (κ2) is 4.99. The average molecular weight is 221 g/mol. The summed E-state index contributed by atoms with van der Waals surface area (Å²) < 4.78 is 10.6. The third-order valence-corrected chi connectivity index (χ3v) is 2.57. The largest absolute Gasteiger partial charge is 0.497 e. The normalized spacial score (nSPS) is 20.3. The van der Waals surface area contributed by atoms with E-state index in [0.717, 1.165) is 17.7 Å². The van der Waals surface area contributed by atoms with Crippen LogP contribution in [0.1, 0.15) is 5.56 Å². The molecule has 1 heterocycles. The van der Waals surface area contributed by atoms with Crippen molar-refractivity contribution in [3.05, 3.63) is 29.8 Å². The second-order valence-corrected chi connectivity index (χ2v) is 3.79. The summed E-state index contributed by atoms with van der Waals surface area (Å²) in [5.41, 5.74) is 1.15. The van der Waals surface area contributed by atoms with Gasteiger partial charge in [0.15, 0.2) is 0 Å². The zero-order valence-electron chi connectivity index (χ0n) is 9.23. The molecule has 1 atom stereocenters. The molecule has 4 nitrogen and oxygen atoms in total. The first-order chi connectivity index (χ1) is 7.78. The summed E-state index contributed by atoms with van der Waals surface area (Å²) in [5, 5.41) is 2.79. The van der Waals surface area contributed by atoms with Crippen LogP contribution >= 0.6 is 0 Å². The monoisotopic (exact) mass is 221 g/mol. The fraction of sp³-hybridized carbons (Fsp3) is 0.417. The molecule has 1 N–H and O–H groups in total. The van der Waals surface area contributed by atoms with Gasteiger partial charge in [-0.3, -0.25) is 4.79 Å². The molecule has 0 saturated carbocycles. The van der Waals surface area contributed by atoms with Crippen LogP contribution in [0.5, 0.6) is 5.75 Å². The molecule has 1 amide bonds. The Hall–Kier alpha value is -1.55. The number of carbonyl (C=O) groups is 1. The Morgan fingerprint density at radius 2 is 2.44 bits per heavy atom. The number of benzene rings is 1. The van der Waals surface area contributed by atoms with Crippen molar-refractivity contribution in [2.75, 3.05) is 20.3 Å². The van der Waals surface area contributed by atoms with Gasteiger partial charge in [0.2, 0.25) is 5.91 Å². The van der Waals surface area contributed by atoms with Gasteiger partial charge >= 0.3 is 0 Å². The fourth-order valence-electron chi connectivity index (χ4n) is 1.72. The Balaban J connectivity index is 1.95. The molecule has 4 heteroatoms. The number of hydrogen-bond acceptors (Lipinski definition) is 3. The van der Waals surface area contributed by atoms with Gasteiger partial charge < -0.3 is 14.8 Å². The summed E-state index contributed by atoms with van der Waals surface area (Å²) >= 11 is 0. The SMILES string of the molecule is COc1cccc(CC2CNC(=O)CO2)c1. The van der Waals surface area contributed by atoms with Crippen LogP contribution in [0.3, 0.4) is 0 Å². The van der Waals surface area contributed by atoms with Crippen molar-refractivity contribution in [2.45, 2.75) is 12.5 Å². The highest BCUT2D eigenvalue weighted by Crippen LogP contribution is 2.15. The minimum absolute atomic E-state index is 0.0399. The number of rotatable bonds is 3. The van der Waals surface area contributed by atoms with Crippen molar-refractivity contribution in [2.24, 2.45) is 0 Å². The van der Waals surface area contributed by atoms with Gasteiger partial charge in [0.25, 0.3) is 0 Å². The Morgan fingerprint density at radius 1 is 1.56 bits per heavy atom. The summed E-state index contributed by atoms with van der Waals surface area (Å²) in [6.45, 7) is 0.741. The Labute approximate surface area is 94.6 Å². The summed E-state index contributed by atoms with van der Waals surface area (Å²) in [4.78, 5) is 10.9. The van der Waals surface area contributed by atoms with E-state index in [2.05, 4.69) is 5.32 Å².